The van der Waals surface area contributed by atoms with Crippen LogP contribution in [0.1, 0.15) is 30.3 Å². The van der Waals surface area contributed by atoms with Gasteiger partial charge in [0.05, 0.1) is 22.9 Å². The lowest BCUT2D eigenvalue weighted by molar-refractivity contribution is 0.103. The normalized spacial score (nSPS) is 18.6. The van der Waals surface area contributed by atoms with Crippen LogP contribution in [-0.2, 0) is 13.2 Å². The predicted octanol–water partition coefficient (Wildman–Crippen LogP) is 4.39. The van der Waals surface area contributed by atoms with Crippen molar-refractivity contribution in [1.82, 2.24) is 24.2 Å². The summed E-state index contributed by atoms with van der Waals surface area (Å²) in [5, 5.41) is 5.67. The van der Waals surface area contributed by atoms with Gasteiger partial charge in [-0.2, -0.15) is 5.10 Å². The van der Waals surface area contributed by atoms with Crippen LogP contribution >= 0.6 is 23.6 Å². The summed E-state index contributed by atoms with van der Waals surface area (Å²) in [5.41, 5.74) is 1.10. The Hall–Kier alpha value is -1.83. The zero-order valence-electron chi connectivity index (χ0n) is 14.0. The topological polar surface area (TPSA) is 38.9 Å². The molecule has 1 aromatic carbocycles. The van der Waals surface area contributed by atoms with Gasteiger partial charge in [0.1, 0.15) is 11.3 Å². The van der Waals surface area contributed by atoms with E-state index in [0.29, 0.717) is 19.3 Å². The molecule has 1 unspecified atom stereocenters. The molecule has 1 aliphatic rings. The van der Waals surface area contributed by atoms with Crippen LogP contribution < -0.4 is 0 Å². The fraction of sp³-hybridized carbons (Fsp3) is 0.389. The van der Waals surface area contributed by atoms with Crippen LogP contribution in [0.5, 0.6) is 0 Å². The van der Waals surface area contributed by atoms with Crippen LogP contribution in [-0.4, -0.2) is 30.8 Å². The molecule has 0 saturated carbocycles. The van der Waals surface area contributed by atoms with E-state index in [4.69, 9.17) is 17.2 Å². The molecular formula is C18H21N5S2. The summed E-state index contributed by atoms with van der Waals surface area (Å²) in [5.74, 6) is 0. The fourth-order valence-electron chi connectivity index (χ4n) is 3.38. The van der Waals surface area contributed by atoms with E-state index in [2.05, 4.69) is 40.8 Å². The van der Waals surface area contributed by atoms with Gasteiger partial charge in [-0.05, 0) is 37.2 Å². The molecule has 1 fully saturated rings. The van der Waals surface area contributed by atoms with Gasteiger partial charge >= 0.3 is 0 Å². The molecule has 3 aromatic rings. The Labute approximate surface area is 156 Å². The summed E-state index contributed by atoms with van der Waals surface area (Å²) in [6.07, 6.45) is 7.23. The average Bonchev–Trinajstić information content (AvgIpc) is 3.21. The molecule has 0 amide bonds. The third-order valence-corrected chi connectivity index (χ3v) is 6.23. The minimum absolute atomic E-state index is 0.345. The SMILES string of the molecule is C=CCn1cnn(CN2CCCCC2c2nc3ccccc3s2)c1=S. The Morgan fingerprint density at radius 2 is 2.20 bits per heavy atom. The van der Waals surface area contributed by atoms with E-state index >= 15 is 0 Å². The number of thiazole rings is 1. The molecule has 25 heavy (non-hydrogen) atoms. The van der Waals surface area contributed by atoms with Crippen molar-refractivity contribution in [2.24, 2.45) is 0 Å². The van der Waals surface area contributed by atoms with E-state index in [1.165, 1.54) is 22.5 Å². The van der Waals surface area contributed by atoms with Crippen LogP contribution in [0.2, 0.25) is 0 Å². The van der Waals surface area contributed by atoms with Gasteiger partial charge in [-0.3, -0.25) is 4.90 Å². The molecule has 130 valence electrons. The molecule has 4 rings (SSSR count). The number of piperidine rings is 1. The van der Waals surface area contributed by atoms with E-state index in [1.54, 1.807) is 6.33 Å². The Bertz CT molecular complexity index is 905. The molecule has 5 nitrogen and oxygen atoms in total. The van der Waals surface area contributed by atoms with Crippen LogP contribution in [0.25, 0.3) is 10.2 Å². The predicted molar refractivity (Wildman–Crippen MR) is 104 cm³/mol. The molecule has 1 atom stereocenters. The fourth-order valence-corrected chi connectivity index (χ4v) is 4.74. The van der Waals surface area contributed by atoms with Gasteiger partial charge in [0.2, 0.25) is 0 Å². The lowest BCUT2D eigenvalue weighted by atomic mass is 10.0. The lowest BCUT2D eigenvalue weighted by Gasteiger charge is -2.34. The standard InChI is InChI=1S/C18H21N5S2/c1-2-10-21-12-19-23(18(21)24)13-22-11-6-5-8-15(22)17-20-14-7-3-4-9-16(14)25-17/h2-4,7,9,12,15H,1,5-6,8,10-11,13H2. The van der Waals surface area contributed by atoms with E-state index in [-0.39, 0.29) is 0 Å². The molecular weight excluding hydrogens is 350 g/mol. The Kier molecular flexibility index (Phi) is 4.78. The number of allylic oxidation sites excluding steroid dienone is 1. The zero-order valence-corrected chi connectivity index (χ0v) is 15.7. The van der Waals surface area contributed by atoms with Crippen LogP contribution in [0, 0.1) is 4.77 Å². The van der Waals surface area contributed by atoms with Crippen LogP contribution in [0.15, 0.2) is 43.2 Å². The maximum Gasteiger partial charge on any atom is 0.199 e. The smallest absolute Gasteiger partial charge is 0.199 e. The van der Waals surface area contributed by atoms with Gasteiger partial charge in [0.25, 0.3) is 0 Å². The number of hydrogen-bond donors (Lipinski definition) is 0. The van der Waals surface area contributed by atoms with E-state index in [9.17, 15) is 0 Å². The summed E-state index contributed by atoms with van der Waals surface area (Å²) in [6, 6.07) is 8.72. The molecule has 1 aliphatic heterocycles. The van der Waals surface area contributed by atoms with Crippen molar-refractivity contribution in [3.8, 4) is 0 Å². The summed E-state index contributed by atoms with van der Waals surface area (Å²) >= 11 is 7.35. The quantitative estimate of drug-likeness (QED) is 0.492. The first-order chi connectivity index (χ1) is 12.3. The molecule has 3 heterocycles. The number of rotatable bonds is 5. The highest BCUT2D eigenvalue weighted by Crippen LogP contribution is 2.35. The maximum absolute atomic E-state index is 5.54. The molecule has 0 aliphatic carbocycles. The van der Waals surface area contributed by atoms with Crippen molar-refractivity contribution in [2.75, 3.05) is 6.54 Å². The van der Waals surface area contributed by atoms with E-state index < -0.39 is 0 Å². The van der Waals surface area contributed by atoms with Gasteiger partial charge in [-0.25, -0.2) is 9.67 Å². The maximum atomic E-state index is 5.54. The average molecular weight is 372 g/mol. The van der Waals surface area contributed by atoms with Crippen molar-refractivity contribution in [1.29, 1.82) is 0 Å². The number of nitrogens with zero attached hydrogens (tertiary/aromatic N) is 5. The molecule has 0 spiro atoms. The first kappa shape index (κ1) is 16.6. The molecule has 7 heteroatoms. The number of benzene rings is 1. The number of aromatic nitrogens is 4. The molecule has 2 aromatic heterocycles. The van der Waals surface area contributed by atoms with Crippen molar-refractivity contribution in [3.63, 3.8) is 0 Å². The third-order valence-electron chi connectivity index (χ3n) is 4.65. The molecule has 1 saturated heterocycles. The Morgan fingerprint density at radius 1 is 1.32 bits per heavy atom. The first-order valence-corrected chi connectivity index (χ1v) is 9.81. The number of fused-ring (bicyclic) bond motifs is 1. The van der Waals surface area contributed by atoms with Crippen molar-refractivity contribution < 1.29 is 0 Å². The highest BCUT2D eigenvalue weighted by Gasteiger charge is 2.27. The van der Waals surface area contributed by atoms with Crippen LogP contribution in [0.4, 0.5) is 0 Å². The number of hydrogen-bond acceptors (Lipinski definition) is 5. The summed E-state index contributed by atoms with van der Waals surface area (Å²) in [7, 11) is 0. The van der Waals surface area contributed by atoms with E-state index in [1.807, 2.05) is 26.7 Å². The van der Waals surface area contributed by atoms with Crippen molar-refractivity contribution in [3.05, 3.63) is 53.0 Å². The summed E-state index contributed by atoms with van der Waals surface area (Å²) < 4.78 is 5.85. The van der Waals surface area contributed by atoms with Gasteiger partial charge in [0.15, 0.2) is 4.77 Å². The summed E-state index contributed by atoms with van der Waals surface area (Å²) in [4.78, 5) is 7.35. The third kappa shape index (κ3) is 3.31. The Balaban J connectivity index is 1.61. The van der Waals surface area contributed by atoms with Gasteiger partial charge in [0, 0.05) is 13.1 Å². The minimum Gasteiger partial charge on any atom is -0.303 e. The summed E-state index contributed by atoms with van der Waals surface area (Å²) in [6.45, 7) is 6.23. The Morgan fingerprint density at radius 3 is 3.04 bits per heavy atom. The van der Waals surface area contributed by atoms with Gasteiger partial charge < -0.3 is 4.57 Å². The van der Waals surface area contributed by atoms with E-state index in [0.717, 1.165) is 23.3 Å². The van der Waals surface area contributed by atoms with Crippen molar-refractivity contribution >= 4 is 33.8 Å². The minimum atomic E-state index is 0.345. The monoisotopic (exact) mass is 371 g/mol. The molecule has 0 N–H and O–H groups in total. The zero-order chi connectivity index (χ0) is 17.2. The first-order valence-electron chi connectivity index (χ1n) is 8.59. The molecule has 0 radical (unpaired) electrons. The lowest BCUT2D eigenvalue weighted by Crippen LogP contribution is -2.35. The van der Waals surface area contributed by atoms with Gasteiger partial charge in [-0.15, -0.1) is 17.9 Å². The second kappa shape index (κ2) is 7.19. The largest absolute Gasteiger partial charge is 0.303 e. The highest BCUT2D eigenvalue weighted by molar-refractivity contribution is 7.71. The second-order valence-electron chi connectivity index (χ2n) is 6.34. The van der Waals surface area contributed by atoms with Gasteiger partial charge in [-0.1, -0.05) is 24.6 Å². The second-order valence-corrected chi connectivity index (χ2v) is 7.77. The number of para-hydroxylation sites is 1. The van der Waals surface area contributed by atoms with Crippen molar-refractivity contribution in [2.45, 2.75) is 38.5 Å². The highest BCUT2D eigenvalue weighted by atomic mass is 32.1. The number of likely N-dealkylation sites (tertiary alicyclic amines) is 1. The van der Waals surface area contributed by atoms with Crippen LogP contribution in [0.3, 0.4) is 0 Å². The molecule has 0 bridgehead atoms.